The molecule has 0 aromatic heterocycles. The van der Waals surface area contributed by atoms with Crippen LogP contribution in [0.3, 0.4) is 0 Å². The van der Waals surface area contributed by atoms with Crippen LogP contribution >= 0.6 is 0 Å². The van der Waals surface area contributed by atoms with Crippen LogP contribution in [0.4, 0.5) is 0 Å². The molecule has 3 aliphatic heterocycles. The topological polar surface area (TPSA) is 64.8 Å². The zero-order valence-corrected chi connectivity index (χ0v) is 20.8. The first-order valence-corrected chi connectivity index (χ1v) is 13.0. The summed E-state index contributed by atoms with van der Waals surface area (Å²) < 4.78 is 18.1. The highest BCUT2D eigenvalue weighted by Gasteiger charge is 2.30. The van der Waals surface area contributed by atoms with Gasteiger partial charge in [0.05, 0.1) is 0 Å². The number of aliphatic imine (C=N–C) groups is 3. The minimum absolute atomic E-state index is 0.0434. The van der Waals surface area contributed by atoms with E-state index in [1.165, 1.54) is 16.7 Å². The third kappa shape index (κ3) is 5.74. The molecular formula is C31H31N3O3. The highest BCUT2D eigenvalue weighted by molar-refractivity contribution is 5.84. The maximum Gasteiger partial charge on any atom is 0.184 e. The average molecular weight is 494 g/mol. The van der Waals surface area contributed by atoms with E-state index in [1.54, 1.807) is 0 Å². The normalized spacial score (nSPS) is 22.6. The van der Waals surface area contributed by atoms with E-state index in [0.29, 0.717) is 39.1 Å². The van der Waals surface area contributed by atoms with Gasteiger partial charge in [-0.1, -0.05) is 91.0 Å². The third-order valence-corrected chi connectivity index (χ3v) is 7.07. The number of benzene rings is 3. The standard InChI is InChI=1S/C31H31N3O3/c1-4-10-23(11-5-1)26-19-35-29(32-26)16-22(17-30-33-27(20-36-30)24-12-6-2-7-13-24)18-31-34-28(21-37-31)25-14-8-3-9-15-25/h1-15,22,26-28H,16-21H2/t26-,27-,28-/m0/s1. The van der Waals surface area contributed by atoms with Gasteiger partial charge in [-0.3, -0.25) is 0 Å². The number of hydrogen-bond donors (Lipinski definition) is 0. The summed E-state index contributed by atoms with van der Waals surface area (Å²) in [7, 11) is 0. The van der Waals surface area contributed by atoms with Crippen LogP contribution in [0.5, 0.6) is 0 Å². The minimum atomic E-state index is 0.0434. The van der Waals surface area contributed by atoms with E-state index >= 15 is 0 Å². The molecule has 3 aromatic carbocycles. The van der Waals surface area contributed by atoms with Gasteiger partial charge in [-0.25, -0.2) is 15.0 Å². The first-order chi connectivity index (χ1) is 18.3. The lowest BCUT2D eigenvalue weighted by molar-refractivity contribution is 0.286. The highest BCUT2D eigenvalue weighted by atomic mass is 16.5. The smallest absolute Gasteiger partial charge is 0.184 e. The zero-order valence-electron chi connectivity index (χ0n) is 20.8. The first kappa shape index (κ1) is 23.5. The van der Waals surface area contributed by atoms with Crippen molar-refractivity contribution in [2.45, 2.75) is 37.4 Å². The second-order valence-electron chi connectivity index (χ2n) is 9.76. The molecule has 6 rings (SSSR count). The zero-order chi connectivity index (χ0) is 24.9. The lowest BCUT2D eigenvalue weighted by Gasteiger charge is -2.16. The molecule has 6 nitrogen and oxygen atoms in total. The Morgan fingerprint density at radius 3 is 1.08 bits per heavy atom. The molecule has 0 aliphatic carbocycles. The molecule has 3 aliphatic rings. The van der Waals surface area contributed by atoms with Crippen LogP contribution < -0.4 is 0 Å². The van der Waals surface area contributed by atoms with Gasteiger partial charge < -0.3 is 14.2 Å². The predicted octanol–water partition coefficient (Wildman–Crippen LogP) is 6.28. The Morgan fingerprint density at radius 2 is 0.784 bits per heavy atom. The van der Waals surface area contributed by atoms with Gasteiger partial charge in [0.2, 0.25) is 0 Å². The summed E-state index contributed by atoms with van der Waals surface area (Å²) in [5, 5.41) is 0. The first-order valence-electron chi connectivity index (χ1n) is 13.0. The molecule has 0 spiro atoms. The lowest BCUT2D eigenvalue weighted by atomic mass is 9.97. The average Bonchev–Trinajstić information content (AvgIpc) is 3.72. The molecule has 37 heavy (non-hydrogen) atoms. The maximum absolute atomic E-state index is 6.05. The van der Waals surface area contributed by atoms with Crippen LogP contribution in [0.1, 0.15) is 54.1 Å². The van der Waals surface area contributed by atoms with Crippen LogP contribution in [-0.4, -0.2) is 37.5 Å². The van der Waals surface area contributed by atoms with E-state index < -0.39 is 0 Å². The largest absolute Gasteiger partial charge is 0.478 e. The van der Waals surface area contributed by atoms with Crippen molar-refractivity contribution in [1.82, 2.24) is 0 Å². The fourth-order valence-electron chi connectivity index (χ4n) is 5.10. The number of ether oxygens (including phenoxy) is 3. The molecule has 3 atom stereocenters. The van der Waals surface area contributed by atoms with E-state index in [9.17, 15) is 0 Å². The molecular weight excluding hydrogens is 462 g/mol. The summed E-state index contributed by atoms with van der Waals surface area (Å²) in [6.07, 6.45) is 2.08. The van der Waals surface area contributed by atoms with Gasteiger partial charge in [0.25, 0.3) is 0 Å². The quantitative estimate of drug-likeness (QED) is 0.352. The van der Waals surface area contributed by atoms with Crippen molar-refractivity contribution >= 4 is 17.7 Å². The van der Waals surface area contributed by atoms with Crippen molar-refractivity contribution < 1.29 is 14.2 Å². The molecule has 0 saturated carbocycles. The van der Waals surface area contributed by atoms with E-state index in [0.717, 1.165) is 17.7 Å². The lowest BCUT2D eigenvalue weighted by Crippen LogP contribution is -2.18. The molecule has 6 heteroatoms. The van der Waals surface area contributed by atoms with Crippen molar-refractivity contribution in [3.63, 3.8) is 0 Å². The molecule has 0 unspecified atom stereocenters. The second-order valence-corrected chi connectivity index (χ2v) is 9.76. The molecule has 3 heterocycles. The van der Waals surface area contributed by atoms with Gasteiger partial charge >= 0.3 is 0 Å². The van der Waals surface area contributed by atoms with E-state index in [2.05, 4.69) is 36.4 Å². The van der Waals surface area contributed by atoms with Gasteiger partial charge in [0.1, 0.15) is 37.9 Å². The molecule has 3 aromatic rings. The van der Waals surface area contributed by atoms with Crippen LogP contribution in [0.15, 0.2) is 106 Å². The van der Waals surface area contributed by atoms with Gasteiger partial charge in [-0.05, 0) is 22.6 Å². The Morgan fingerprint density at radius 1 is 0.486 bits per heavy atom. The number of hydrogen-bond acceptors (Lipinski definition) is 6. The van der Waals surface area contributed by atoms with E-state index in [4.69, 9.17) is 29.2 Å². The van der Waals surface area contributed by atoms with Crippen LogP contribution in [0.2, 0.25) is 0 Å². The molecule has 0 bridgehead atoms. The number of rotatable bonds is 9. The number of nitrogens with zero attached hydrogens (tertiary/aromatic N) is 3. The molecule has 0 fully saturated rings. The fraction of sp³-hybridized carbons (Fsp3) is 0.323. The summed E-state index contributed by atoms with van der Waals surface area (Å²) in [5.74, 6) is 2.52. The molecule has 0 radical (unpaired) electrons. The maximum atomic E-state index is 6.05. The van der Waals surface area contributed by atoms with Crippen molar-refractivity contribution in [1.29, 1.82) is 0 Å². The molecule has 188 valence electrons. The summed E-state index contributed by atoms with van der Waals surface area (Å²) in [6, 6.07) is 31.1. The van der Waals surface area contributed by atoms with E-state index in [-0.39, 0.29) is 24.0 Å². The highest BCUT2D eigenvalue weighted by Crippen LogP contribution is 2.31. The Balaban J connectivity index is 1.18. The Labute approximate surface area is 217 Å². The van der Waals surface area contributed by atoms with Crippen molar-refractivity contribution in [2.24, 2.45) is 20.9 Å². The van der Waals surface area contributed by atoms with Crippen LogP contribution in [-0.2, 0) is 14.2 Å². The fourth-order valence-corrected chi connectivity index (χ4v) is 5.10. The molecule has 0 saturated heterocycles. The monoisotopic (exact) mass is 493 g/mol. The Kier molecular flexibility index (Phi) is 6.97. The summed E-state index contributed by atoms with van der Waals surface area (Å²) >= 11 is 0. The van der Waals surface area contributed by atoms with Crippen LogP contribution in [0.25, 0.3) is 0 Å². The molecule has 0 N–H and O–H groups in total. The third-order valence-electron chi connectivity index (χ3n) is 7.07. The summed E-state index contributed by atoms with van der Waals surface area (Å²) in [6.45, 7) is 1.73. The van der Waals surface area contributed by atoms with Crippen molar-refractivity contribution in [3.05, 3.63) is 108 Å². The van der Waals surface area contributed by atoms with Gasteiger partial charge in [0.15, 0.2) is 17.7 Å². The SMILES string of the molecule is c1ccc([C@@H]2COC(CC(CC3=N[C@H](c4ccccc4)CO3)CC3=N[C@H](c4ccccc4)CO3)=N2)cc1. The summed E-state index contributed by atoms with van der Waals surface area (Å²) in [4.78, 5) is 14.7. The van der Waals surface area contributed by atoms with Gasteiger partial charge in [-0.15, -0.1) is 0 Å². The second kappa shape index (κ2) is 11.0. The Hall–Kier alpha value is -3.93. The van der Waals surface area contributed by atoms with Crippen molar-refractivity contribution in [3.8, 4) is 0 Å². The predicted molar refractivity (Wildman–Crippen MR) is 145 cm³/mol. The molecule has 0 amide bonds. The van der Waals surface area contributed by atoms with Gasteiger partial charge in [-0.2, -0.15) is 0 Å². The van der Waals surface area contributed by atoms with E-state index in [1.807, 2.05) is 54.6 Å². The van der Waals surface area contributed by atoms with Crippen LogP contribution in [0, 0.1) is 5.92 Å². The summed E-state index contributed by atoms with van der Waals surface area (Å²) in [5.41, 5.74) is 3.53. The van der Waals surface area contributed by atoms with Crippen molar-refractivity contribution in [2.75, 3.05) is 19.8 Å². The minimum Gasteiger partial charge on any atom is -0.478 e. The van der Waals surface area contributed by atoms with Gasteiger partial charge in [0, 0.05) is 19.3 Å². The Bertz CT molecular complexity index is 1110.